The number of nitrogens with zero attached hydrogens (tertiary/aromatic N) is 3. The molecular formula is C24H17ClN4O3. The number of hydrogen-bond acceptors (Lipinski definition) is 6. The first-order valence-corrected chi connectivity index (χ1v) is 10.6. The maximum absolute atomic E-state index is 6.61. The highest BCUT2D eigenvalue weighted by atomic mass is 35.5. The summed E-state index contributed by atoms with van der Waals surface area (Å²) >= 11 is 6.35. The van der Waals surface area contributed by atoms with Crippen molar-refractivity contribution in [1.82, 2.24) is 14.8 Å². The molecule has 1 N–H and O–H groups in total. The van der Waals surface area contributed by atoms with Crippen molar-refractivity contribution >= 4 is 34.0 Å². The second kappa shape index (κ2) is 6.17. The van der Waals surface area contributed by atoms with Crippen LogP contribution in [0.3, 0.4) is 0 Å². The highest BCUT2D eigenvalue weighted by Crippen LogP contribution is 2.57. The summed E-state index contributed by atoms with van der Waals surface area (Å²) in [6.45, 7) is 0. The van der Waals surface area contributed by atoms with Gasteiger partial charge < -0.3 is 19.5 Å². The molecule has 32 heavy (non-hydrogen) atoms. The second-order valence-electron chi connectivity index (χ2n) is 7.99. The summed E-state index contributed by atoms with van der Waals surface area (Å²) in [6.07, 6.45) is 1.26. The number of fused-ring (bicyclic) bond motifs is 6. The minimum atomic E-state index is -0.304. The van der Waals surface area contributed by atoms with Gasteiger partial charge in [0.2, 0.25) is 5.95 Å². The Morgan fingerprint density at radius 3 is 2.56 bits per heavy atom. The number of benzene rings is 3. The van der Waals surface area contributed by atoms with Gasteiger partial charge in [-0.3, -0.25) is 0 Å². The summed E-state index contributed by atoms with van der Waals surface area (Å²) in [4.78, 5) is 4.46. The summed E-state index contributed by atoms with van der Waals surface area (Å²) in [5, 5.41) is 10.7. The topological polar surface area (TPSA) is 70.4 Å². The van der Waals surface area contributed by atoms with E-state index >= 15 is 0 Å². The van der Waals surface area contributed by atoms with Gasteiger partial charge in [-0.25, -0.2) is 4.68 Å². The van der Waals surface area contributed by atoms with Crippen molar-refractivity contribution in [2.45, 2.75) is 12.1 Å². The highest BCUT2D eigenvalue weighted by molar-refractivity contribution is 6.30. The lowest BCUT2D eigenvalue weighted by atomic mass is 9.76. The van der Waals surface area contributed by atoms with E-state index < -0.39 is 0 Å². The number of anilines is 1. The summed E-state index contributed by atoms with van der Waals surface area (Å²) in [7, 11) is 3.35. The Kier molecular flexibility index (Phi) is 3.45. The van der Waals surface area contributed by atoms with Crippen LogP contribution < -0.4 is 19.5 Å². The molecule has 0 spiro atoms. The van der Waals surface area contributed by atoms with Crippen LogP contribution in [0.4, 0.5) is 5.95 Å². The fraction of sp³-hybridized carbons (Fsp3) is 0.167. The Labute approximate surface area is 188 Å². The van der Waals surface area contributed by atoms with Gasteiger partial charge in [0.15, 0.2) is 6.10 Å². The molecule has 7 rings (SSSR count). The van der Waals surface area contributed by atoms with Gasteiger partial charge in [0, 0.05) is 27.1 Å². The van der Waals surface area contributed by atoms with Crippen LogP contribution in [0.15, 0.2) is 54.4 Å². The van der Waals surface area contributed by atoms with Crippen LogP contribution >= 0.6 is 11.6 Å². The van der Waals surface area contributed by atoms with E-state index in [1.54, 1.807) is 20.5 Å². The molecule has 0 radical (unpaired) electrons. The maximum atomic E-state index is 6.61. The number of rotatable bonds is 2. The molecule has 2 unspecified atom stereocenters. The number of methoxy groups -OCH3 is 2. The molecule has 2 atom stereocenters. The second-order valence-corrected chi connectivity index (χ2v) is 8.43. The lowest BCUT2D eigenvalue weighted by Crippen LogP contribution is -2.35. The standard InChI is InChI=1S/C24H17ClN4O3/c1-30-16-7-4-12-18-13(5-8-17(31-2)19(16)18)23-20-21(14-9-11(25)3-6-15(14)32-23)28-24-26-10-27-29(24)22(12)20/h3-10,22-23H,1-2H3,(H,26,27,28). The van der Waals surface area contributed by atoms with Gasteiger partial charge in [0.05, 0.1) is 25.3 Å². The van der Waals surface area contributed by atoms with Crippen LogP contribution in [0.2, 0.25) is 5.02 Å². The van der Waals surface area contributed by atoms with Crippen LogP contribution in [0.1, 0.15) is 28.8 Å². The number of ether oxygens (including phenoxy) is 3. The predicted molar refractivity (Wildman–Crippen MR) is 121 cm³/mol. The Hall–Kier alpha value is -3.71. The molecular weight excluding hydrogens is 428 g/mol. The average Bonchev–Trinajstić information content (AvgIpc) is 3.29. The smallest absolute Gasteiger partial charge is 0.226 e. The number of nitrogens with one attached hydrogen (secondary N) is 1. The van der Waals surface area contributed by atoms with Gasteiger partial charge >= 0.3 is 0 Å². The quantitative estimate of drug-likeness (QED) is 0.470. The molecule has 3 aromatic carbocycles. The Bertz CT molecular complexity index is 1480. The molecule has 7 nitrogen and oxygen atoms in total. The molecule has 3 heterocycles. The SMILES string of the molecule is COc1ccc2c3c(ccc(OC)c13)C1C3=C(Nc4ncnn41)c1cc(Cl)ccc1OC32. The van der Waals surface area contributed by atoms with Gasteiger partial charge in [-0.05, 0) is 35.9 Å². The van der Waals surface area contributed by atoms with Crippen molar-refractivity contribution in [1.29, 1.82) is 0 Å². The molecule has 4 aromatic rings. The van der Waals surface area contributed by atoms with E-state index in [0.717, 1.165) is 56.0 Å². The molecule has 0 saturated heterocycles. The molecule has 1 aliphatic carbocycles. The molecule has 3 aliphatic rings. The molecule has 2 aliphatic heterocycles. The van der Waals surface area contributed by atoms with E-state index in [4.69, 9.17) is 25.8 Å². The molecule has 0 fully saturated rings. The van der Waals surface area contributed by atoms with Crippen molar-refractivity contribution in [2.75, 3.05) is 19.5 Å². The third kappa shape index (κ3) is 2.11. The van der Waals surface area contributed by atoms with E-state index in [1.165, 1.54) is 0 Å². The van der Waals surface area contributed by atoms with Crippen LogP contribution in [0.25, 0.3) is 16.5 Å². The van der Waals surface area contributed by atoms with Crippen molar-refractivity contribution < 1.29 is 14.2 Å². The summed E-state index contributed by atoms with van der Waals surface area (Å²) in [5.74, 6) is 2.96. The third-order valence-electron chi connectivity index (χ3n) is 6.54. The van der Waals surface area contributed by atoms with E-state index in [0.29, 0.717) is 11.0 Å². The van der Waals surface area contributed by atoms with Gasteiger partial charge in [-0.1, -0.05) is 23.7 Å². The fourth-order valence-corrected chi connectivity index (χ4v) is 5.45. The van der Waals surface area contributed by atoms with Crippen LogP contribution in [0, 0.1) is 0 Å². The Morgan fingerprint density at radius 2 is 1.78 bits per heavy atom. The third-order valence-corrected chi connectivity index (χ3v) is 6.78. The first-order chi connectivity index (χ1) is 15.7. The van der Waals surface area contributed by atoms with Crippen molar-refractivity contribution in [3.05, 3.63) is 76.1 Å². The zero-order valence-corrected chi connectivity index (χ0v) is 18.0. The van der Waals surface area contributed by atoms with Gasteiger partial charge in [-0.2, -0.15) is 10.1 Å². The molecule has 1 aromatic heterocycles. The molecule has 8 heteroatoms. The maximum Gasteiger partial charge on any atom is 0.226 e. The van der Waals surface area contributed by atoms with Crippen LogP contribution in [-0.2, 0) is 0 Å². The summed E-state index contributed by atoms with van der Waals surface area (Å²) < 4.78 is 20.0. The number of halogens is 1. The lowest BCUT2D eigenvalue weighted by Gasteiger charge is -2.42. The first kappa shape index (κ1) is 17.9. The Morgan fingerprint density at radius 1 is 1.00 bits per heavy atom. The predicted octanol–water partition coefficient (Wildman–Crippen LogP) is 4.98. The summed E-state index contributed by atoms with van der Waals surface area (Å²) in [6, 6.07) is 13.6. The molecule has 0 bridgehead atoms. The van der Waals surface area contributed by atoms with Crippen LogP contribution in [-0.4, -0.2) is 29.0 Å². The highest BCUT2D eigenvalue weighted by Gasteiger charge is 2.45. The molecule has 158 valence electrons. The van der Waals surface area contributed by atoms with Crippen LogP contribution in [0.5, 0.6) is 17.2 Å². The fourth-order valence-electron chi connectivity index (χ4n) is 5.27. The lowest BCUT2D eigenvalue weighted by molar-refractivity contribution is 0.221. The van der Waals surface area contributed by atoms with Gasteiger partial charge in [0.1, 0.15) is 29.6 Å². The Balaban J connectivity index is 1.63. The van der Waals surface area contributed by atoms with E-state index in [2.05, 4.69) is 27.5 Å². The zero-order valence-electron chi connectivity index (χ0n) is 17.2. The number of hydrogen-bond donors (Lipinski definition) is 1. The summed E-state index contributed by atoms with van der Waals surface area (Å²) in [5.41, 5.74) is 5.13. The average molecular weight is 445 g/mol. The first-order valence-electron chi connectivity index (χ1n) is 10.2. The largest absolute Gasteiger partial charge is 0.496 e. The van der Waals surface area contributed by atoms with E-state index in [9.17, 15) is 0 Å². The minimum absolute atomic E-state index is 0.186. The van der Waals surface area contributed by atoms with Gasteiger partial charge in [-0.15, -0.1) is 0 Å². The monoisotopic (exact) mass is 444 g/mol. The normalized spacial score (nSPS) is 19.5. The molecule has 0 amide bonds. The van der Waals surface area contributed by atoms with Crippen molar-refractivity contribution in [2.24, 2.45) is 0 Å². The van der Waals surface area contributed by atoms with Crippen molar-refractivity contribution in [3.8, 4) is 17.2 Å². The minimum Gasteiger partial charge on any atom is -0.496 e. The number of aromatic nitrogens is 3. The van der Waals surface area contributed by atoms with Crippen molar-refractivity contribution in [3.63, 3.8) is 0 Å². The zero-order chi connectivity index (χ0) is 21.6. The van der Waals surface area contributed by atoms with Gasteiger partial charge in [0.25, 0.3) is 0 Å². The van der Waals surface area contributed by atoms with E-state index in [-0.39, 0.29) is 12.1 Å². The molecule has 0 saturated carbocycles. The van der Waals surface area contributed by atoms with E-state index in [1.807, 2.05) is 35.0 Å².